The largest absolute Gasteiger partial charge is 0.478 e. The number of aryl methyl sites for hydroxylation is 1. The van der Waals surface area contributed by atoms with E-state index in [0.717, 1.165) is 63.5 Å². The topological polar surface area (TPSA) is 127 Å². The summed E-state index contributed by atoms with van der Waals surface area (Å²) in [6.45, 7) is 2.98. The van der Waals surface area contributed by atoms with Crippen molar-refractivity contribution in [3.63, 3.8) is 0 Å². The number of alkyl halides is 3. The van der Waals surface area contributed by atoms with Crippen molar-refractivity contribution in [3.05, 3.63) is 100 Å². The molecule has 0 amide bonds. The summed E-state index contributed by atoms with van der Waals surface area (Å²) in [4.78, 5) is 34.0. The zero-order valence-corrected chi connectivity index (χ0v) is 27.9. The average molecular weight is 673 g/mol. The highest BCUT2D eigenvalue weighted by molar-refractivity contribution is 6.01. The molecule has 0 saturated heterocycles. The predicted octanol–water partition coefficient (Wildman–Crippen LogP) is 8.71. The summed E-state index contributed by atoms with van der Waals surface area (Å²) in [7, 11) is 3.92. The highest BCUT2D eigenvalue weighted by atomic mass is 19.4. The summed E-state index contributed by atoms with van der Waals surface area (Å²) in [6.07, 6.45) is 11.7. The number of anilines is 1. The Hall–Kier alpha value is -4.38. The van der Waals surface area contributed by atoms with Gasteiger partial charge in [0.25, 0.3) is 0 Å². The second kappa shape index (κ2) is 20.1. The standard InChI is InChI=1S/C29H41F3N2O2.C8H6O4/c1-4-5-6-7-12-26(13-8-10-22-14-16-24(17-15-22)28(35)36)33-27-20-23(11-9-18-34(2)3)19-25(21-27)29(30,31)32;9-7(10)5-3-1-2-4-6(5)8(11)12/h10,14,16-17,19-21,26,33H,4-9,11-13,15,18H2,1-3H3,(H,35,36);1-4H,(H,9,10)(H,11,12). The van der Waals surface area contributed by atoms with Gasteiger partial charge in [-0.15, -0.1) is 0 Å². The van der Waals surface area contributed by atoms with Crippen LogP contribution in [0.25, 0.3) is 0 Å². The summed E-state index contributed by atoms with van der Waals surface area (Å²) in [5.74, 6) is -3.38. The van der Waals surface area contributed by atoms with Gasteiger partial charge in [-0.1, -0.05) is 63.0 Å². The van der Waals surface area contributed by atoms with E-state index in [9.17, 15) is 27.6 Å². The van der Waals surface area contributed by atoms with E-state index in [0.29, 0.717) is 29.7 Å². The maximum Gasteiger partial charge on any atom is 0.416 e. The van der Waals surface area contributed by atoms with Crippen molar-refractivity contribution in [2.75, 3.05) is 26.0 Å². The second-order valence-corrected chi connectivity index (χ2v) is 12.0. The molecule has 48 heavy (non-hydrogen) atoms. The molecule has 1 aliphatic carbocycles. The molecule has 0 aromatic heterocycles. The molecule has 0 radical (unpaired) electrons. The molecule has 11 heteroatoms. The molecule has 0 saturated carbocycles. The Balaban J connectivity index is 0.000000558. The minimum atomic E-state index is -4.38. The quantitative estimate of drug-likeness (QED) is 0.123. The lowest BCUT2D eigenvalue weighted by Gasteiger charge is -2.22. The van der Waals surface area contributed by atoms with Gasteiger partial charge in [0.15, 0.2) is 0 Å². The van der Waals surface area contributed by atoms with Gasteiger partial charge in [-0.05, 0) is 107 Å². The van der Waals surface area contributed by atoms with E-state index in [-0.39, 0.29) is 17.2 Å². The van der Waals surface area contributed by atoms with Crippen LogP contribution in [0.3, 0.4) is 0 Å². The first-order chi connectivity index (χ1) is 22.7. The van der Waals surface area contributed by atoms with Gasteiger partial charge in [0.2, 0.25) is 0 Å². The summed E-state index contributed by atoms with van der Waals surface area (Å²) >= 11 is 0. The zero-order valence-electron chi connectivity index (χ0n) is 27.9. The number of carboxylic acids is 3. The summed E-state index contributed by atoms with van der Waals surface area (Å²) in [5, 5.41) is 29.6. The number of hydrogen-bond acceptors (Lipinski definition) is 5. The van der Waals surface area contributed by atoms with Crippen LogP contribution in [0.1, 0.15) is 96.6 Å². The van der Waals surface area contributed by atoms with Crippen molar-refractivity contribution in [1.29, 1.82) is 0 Å². The number of carbonyl (C=O) groups is 3. The Bertz CT molecular complexity index is 1430. The van der Waals surface area contributed by atoms with Gasteiger partial charge in [-0.2, -0.15) is 13.2 Å². The number of nitrogens with one attached hydrogen (secondary N) is 1. The smallest absolute Gasteiger partial charge is 0.416 e. The third kappa shape index (κ3) is 14.6. The fourth-order valence-electron chi connectivity index (χ4n) is 5.22. The Morgan fingerprint density at radius 2 is 1.56 bits per heavy atom. The lowest BCUT2D eigenvalue weighted by molar-refractivity contribution is -0.137. The number of benzene rings is 2. The minimum absolute atomic E-state index is 0.0644. The number of aliphatic carboxylic acids is 1. The third-order valence-electron chi connectivity index (χ3n) is 7.76. The number of nitrogens with zero attached hydrogens (tertiary/aromatic N) is 1. The fourth-order valence-corrected chi connectivity index (χ4v) is 5.22. The summed E-state index contributed by atoms with van der Waals surface area (Å²) < 4.78 is 40.9. The van der Waals surface area contributed by atoms with Crippen molar-refractivity contribution in [1.82, 2.24) is 4.90 Å². The van der Waals surface area contributed by atoms with E-state index in [4.69, 9.17) is 15.3 Å². The Kier molecular flexibility index (Phi) is 16.7. The number of hydrogen-bond donors (Lipinski definition) is 4. The molecule has 0 bridgehead atoms. The number of halogens is 3. The van der Waals surface area contributed by atoms with Gasteiger partial charge >= 0.3 is 24.1 Å². The SMILES string of the molecule is CCCCCCC(CCC=C1C=CC(C(=O)O)=CC1)Nc1cc(CCCN(C)C)cc(C(F)(F)F)c1.O=C(O)c1ccccc1C(=O)O. The normalized spacial score (nSPS) is 14.2. The minimum Gasteiger partial charge on any atom is -0.478 e. The Morgan fingerprint density at radius 3 is 2.08 bits per heavy atom. The van der Waals surface area contributed by atoms with Gasteiger partial charge in [0.05, 0.1) is 22.3 Å². The molecule has 0 heterocycles. The molecule has 8 nitrogen and oxygen atoms in total. The maximum absolute atomic E-state index is 13.6. The van der Waals surface area contributed by atoms with Gasteiger partial charge in [0, 0.05) is 11.7 Å². The number of unbranched alkanes of at least 4 members (excludes halogenated alkanes) is 3. The van der Waals surface area contributed by atoms with Crippen LogP contribution in [0.4, 0.5) is 18.9 Å². The van der Waals surface area contributed by atoms with Crippen molar-refractivity contribution >= 4 is 23.6 Å². The van der Waals surface area contributed by atoms with Crippen molar-refractivity contribution in [2.45, 2.75) is 83.4 Å². The van der Waals surface area contributed by atoms with E-state index in [2.05, 4.69) is 18.3 Å². The van der Waals surface area contributed by atoms with E-state index >= 15 is 0 Å². The first kappa shape index (κ1) is 39.8. The van der Waals surface area contributed by atoms with Gasteiger partial charge in [-0.3, -0.25) is 0 Å². The van der Waals surface area contributed by atoms with Crippen LogP contribution in [-0.2, 0) is 17.4 Å². The number of rotatable bonds is 17. The molecule has 2 aromatic carbocycles. The first-order valence-corrected chi connectivity index (χ1v) is 16.2. The lowest BCUT2D eigenvalue weighted by atomic mass is 9.98. The van der Waals surface area contributed by atoms with Gasteiger partial charge in [-0.25, -0.2) is 14.4 Å². The van der Waals surface area contributed by atoms with Crippen molar-refractivity contribution < 1.29 is 42.9 Å². The van der Waals surface area contributed by atoms with Gasteiger partial charge in [0.1, 0.15) is 0 Å². The van der Waals surface area contributed by atoms with E-state index < -0.39 is 29.6 Å². The van der Waals surface area contributed by atoms with Crippen molar-refractivity contribution in [2.24, 2.45) is 0 Å². The molecule has 2 aromatic rings. The summed E-state index contributed by atoms with van der Waals surface area (Å²) in [5.41, 5.74) is 1.61. The third-order valence-corrected chi connectivity index (χ3v) is 7.76. The monoisotopic (exact) mass is 672 g/mol. The molecule has 1 unspecified atom stereocenters. The van der Waals surface area contributed by atoms with Crippen molar-refractivity contribution in [3.8, 4) is 0 Å². The number of aromatic carboxylic acids is 2. The van der Waals surface area contributed by atoms with Crippen LogP contribution in [-0.4, -0.2) is 64.8 Å². The molecular weight excluding hydrogens is 625 g/mol. The number of allylic oxidation sites excluding steroid dienone is 4. The molecule has 0 spiro atoms. The molecule has 0 aliphatic heterocycles. The van der Waals surface area contributed by atoms with E-state index in [1.165, 1.54) is 36.4 Å². The first-order valence-electron chi connectivity index (χ1n) is 16.2. The lowest BCUT2D eigenvalue weighted by Crippen LogP contribution is -2.20. The molecule has 4 N–H and O–H groups in total. The van der Waals surface area contributed by atoms with E-state index in [1.54, 1.807) is 12.2 Å². The molecule has 3 rings (SSSR count). The van der Waals surface area contributed by atoms with Crippen LogP contribution in [0.5, 0.6) is 0 Å². The van der Waals surface area contributed by atoms with Crippen LogP contribution in [0.15, 0.2) is 77.9 Å². The fraction of sp³-hybridized carbons (Fsp3) is 0.432. The van der Waals surface area contributed by atoms with Crippen LogP contribution in [0, 0.1) is 0 Å². The average Bonchev–Trinajstić information content (AvgIpc) is 3.03. The Labute approximate surface area is 280 Å². The summed E-state index contributed by atoms with van der Waals surface area (Å²) in [6, 6.07) is 9.91. The Morgan fingerprint density at radius 1 is 0.896 bits per heavy atom. The molecule has 1 aliphatic rings. The highest BCUT2D eigenvalue weighted by Crippen LogP contribution is 2.33. The zero-order chi connectivity index (χ0) is 35.7. The maximum atomic E-state index is 13.6. The van der Waals surface area contributed by atoms with E-state index in [1.807, 2.05) is 31.1 Å². The molecule has 1 atom stereocenters. The number of carboxylic acid groups (broad SMARTS) is 3. The highest BCUT2D eigenvalue weighted by Gasteiger charge is 2.31. The molecule has 0 fully saturated rings. The molecule has 262 valence electrons. The van der Waals surface area contributed by atoms with Crippen LogP contribution < -0.4 is 5.32 Å². The van der Waals surface area contributed by atoms with Gasteiger partial charge < -0.3 is 25.5 Å². The predicted molar refractivity (Wildman–Crippen MR) is 182 cm³/mol. The second-order valence-electron chi connectivity index (χ2n) is 12.0. The van der Waals surface area contributed by atoms with Crippen LogP contribution >= 0.6 is 0 Å². The molecular formula is C37H47F3N2O6. The van der Waals surface area contributed by atoms with Crippen LogP contribution in [0.2, 0.25) is 0 Å².